The lowest BCUT2D eigenvalue weighted by atomic mass is 10.1. The van der Waals surface area contributed by atoms with E-state index in [4.69, 9.17) is 16.3 Å². The molecule has 0 unspecified atom stereocenters. The molecular weight excluding hydrogens is 370 g/mol. The summed E-state index contributed by atoms with van der Waals surface area (Å²) < 4.78 is 5.75. The Labute approximate surface area is 159 Å². The zero-order valence-corrected chi connectivity index (χ0v) is 14.7. The molecule has 1 N–H and O–H groups in total. The minimum Gasteiger partial charge on any atom is -0.488 e. The van der Waals surface area contributed by atoms with Crippen LogP contribution in [-0.4, -0.2) is 15.8 Å². The molecule has 0 atom stereocenters. The highest BCUT2D eigenvalue weighted by Crippen LogP contribution is 2.25. The number of amides is 1. The Morgan fingerprint density at radius 2 is 1.89 bits per heavy atom. The van der Waals surface area contributed by atoms with Crippen molar-refractivity contribution in [3.05, 3.63) is 93.3 Å². The number of pyridine rings is 1. The number of carbonyl (C=O) groups excluding carboxylic acids is 1. The summed E-state index contributed by atoms with van der Waals surface area (Å²) >= 11 is 5.86. The monoisotopic (exact) mass is 383 g/mol. The van der Waals surface area contributed by atoms with Gasteiger partial charge in [0.05, 0.1) is 10.5 Å². The Hall–Kier alpha value is -3.45. The first kappa shape index (κ1) is 18.3. The van der Waals surface area contributed by atoms with E-state index in [9.17, 15) is 14.9 Å². The van der Waals surface area contributed by atoms with Gasteiger partial charge in [0.15, 0.2) is 0 Å². The lowest BCUT2D eigenvalue weighted by Gasteiger charge is -2.12. The van der Waals surface area contributed by atoms with Crippen LogP contribution in [0.3, 0.4) is 0 Å². The van der Waals surface area contributed by atoms with Crippen molar-refractivity contribution in [3.8, 4) is 5.75 Å². The van der Waals surface area contributed by atoms with Crippen molar-refractivity contribution < 1.29 is 14.5 Å². The maximum absolute atomic E-state index is 12.6. The van der Waals surface area contributed by atoms with E-state index in [2.05, 4.69) is 10.3 Å². The van der Waals surface area contributed by atoms with E-state index >= 15 is 0 Å². The minimum absolute atomic E-state index is 0.0625. The molecule has 0 fully saturated rings. The molecule has 1 amide bonds. The second-order valence-electron chi connectivity index (χ2n) is 5.52. The van der Waals surface area contributed by atoms with Crippen LogP contribution in [0.1, 0.15) is 15.9 Å². The number of nitrogens with one attached hydrogen (secondary N) is 1. The van der Waals surface area contributed by atoms with Crippen LogP contribution in [0, 0.1) is 10.1 Å². The largest absolute Gasteiger partial charge is 0.488 e. The van der Waals surface area contributed by atoms with Gasteiger partial charge in [-0.3, -0.25) is 19.9 Å². The van der Waals surface area contributed by atoms with Gasteiger partial charge in [0.25, 0.3) is 5.91 Å². The molecule has 1 heterocycles. The third-order valence-corrected chi connectivity index (χ3v) is 3.94. The van der Waals surface area contributed by atoms with Crippen molar-refractivity contribution in [1.29, 1.82) is 0 Å². The average Bonchev–Trinajstić information content (AvgIpc) is 2.68. The average molecular weight is 384 g/mol. The van der Waals surface area contributed by atoms with Crippen LogP contribution in [0.15, 0.2) is 67.0 Å². The number of nitrogens with zero attached hydrogens (tertiary/aromatic N) is 2. The van der Waals surface area contributed by atoms with Crippen molar-refractivity contribution in [1.82, 2.24) is 4.98 Å². The fraction of sp³-hybridized carbons (Fsp3) is 0.0526. The third kappa shape index (κ3) is 4.59. The molecule has 0 radical (unpaired) electrons. The number of ether oxygens (including phenoxy) is 1. The Balaban J connectivity index is 1.78. The van der Waals surface area contributed by atoms with Gasteiger partial charge in [0.2, 0.25) is 0 Å². The smallest absolute Gasteiger partial charge is 0.310 e. The van der Waals surface area contributed by atoms with E-state index in [0.717, 1.165) is 11.8 Å². The lowest BCUT2D eigenvalue weighted by molar-refractivity contribution is -0.384. The van der Waals surface area contributed by atoms with Gasteiger partial charge in [0.1, 0.15) is 24.2 Å². The number of benzene rings is 2. The highest BCUT2D eigenvalue weighted by Gasteiger charge is 2.18. The van der Waals surface area contributed by atoms with Gasteiger partial charge in [0, 0.05) is 11.2 Å². The third-order valence-electron chi connectivity index (χ3n) is 3.68. The molecule has 2 aromatic carbocycles. The normalized spacial score (nSPS) is 10.3. The Morgan fingerprint density at radius 3 is 2.63 bits per heavy atom. The second-order valence-corrected chi connectivity index (χ2v) is 5.95. The van der Waals surface area contributed by atoms with Gasteiger partial charge in [-0.05, 0) is 35.9 Å². The first-order valence-corrected chi connectivity index (χ1v) is 8.28. The Bertz CT molecular complexity index is 977. The van der Waals surface area contributed by atoms with Crippen molar-refractivity contribution in [2.24, 2.45) is 0 Å². The van der Waals surface area contributed by atoms with Gasteiger partial charge in [-0.15, -0.1) is 0 Å². The van der Waals surface area contributed by atoms with Crippen LogP contribution in [0.2, 0.25) is 5.02 Å². The van der Waals surface area contributed by atoms with Crippen molar-refractivity contribution >= 4 is 28.9 Å². The SMILES string of the molecule is O=C(Nc1ccncc1[N+](=O)[O-])c1ccccc1OCc1ccc(Cl)cc1. The summed E-state index contributed by atoms with van der Waals surface area (Å²) in [5.41, 5.74) is 0.926. The summed E-state index contributed by atoms with van der Waals surface area (Å²) in [5, 5.41) is 14.2. The molecule has 7 nitrogen and oxygen atoms in total. The standard InChI is InChI=1S/C19H14ClN3O4/c20-14-7-5-13(6-8-14)12-27-18-4-2-1-3-15(18)19(24)22-16-9-10-21-11-17(16)23(25)26/h1-11H,12H2,(H,21,22,24). The molecule has 3 rings (SSSR count). The number of rotatable bonds is 6. The van der Waals surface area contributed by atoms with Crippen molar-refractivity contribution in [3.63, 3.8) is 0 Å². The van der Waals surface area contributed by atoms with Gasteiger partial charge < -0.3 is 10.1 Å². The summed E-state index contributed by atoms with van der Waals surface area (Å²) in [6, 6.07) is 15.2. The molecule has 0 bridgehead atoms. The number of aromatic nitrogens is 1. The summed E-state index contributed by atoms with van der Waals surface area (Å²) in [4.78, 5) is 26.8. The number of anilines is 1. The van der Waals surface area contributed by atoms with Crippen LogP contribution < -0.4 is 10.1 Å². The molecule has 1 aromatic heterocycles. The van der Waals surface area contributed by atoms with Crippen LogP contribution in [0.5, 0.6) is 5.75 Å². The van der Waals surface area contributed by atoms with Gasteiger partial charge in [-0.1, -0.05) is 35.9 Å². The Morgan fingerprint density at radius 1 is 1.15 bits per heavy atom. The number of para-hydroxylation sites is 1. The number of carbonyl (C=O) groups is 1. The molecule has 136 valence electrons. The molecule has 0 saturated carbocycles. The number of halogens is 1. The van der Waals surface area contributed by atoms with Gasteiger partial charge in [-0.25, -0.2) is 0 Å². The maximum Gasteiger partial charge on any atom is 0.310 e. The summed E-state index contributed by atoms with van der Waals surface area (Å²) in [5.74, 6) is -0.155. The highest BCUT2D eigenvalue weighted by molar-refractivity contribution is 6.30. The predicted octanol–water partition coefficient (Wildman–Crippen LogP) is 4.47. The summed E-state index contributed by atoms with van der Waals surface area (Å²) in [7, 11) is 0. The lowest BCUT2D eigenvalue weighted by Crippen LogP contribution is -2.14. The molecule has 0 saturated heterocycles. The maximum atomic E-state index is 12.6. The molecule has 0 aliphatic heterocycles. The molecular formula is C19H14ClN3O4. The zero-order chi connectivity index (χ0) is 19.2. The van der Waals surface area contributed by atoms with Crippen molar-refractivity contribution in [2.45, 2.75) is 6.61 Å². The van der Waals surface area contributed by atoms with E-state index in [1.807, 2.05) is 12.1 Å². The molecule has 0 aliphatic carbocycles. The number of hydrogen-bond donors (Lipinski definition) is 1. The summed E-state index contributed by atoms with van der Waals surface area (Å²) in [6.45, 7) is 0.247. The number of hydrogen-bond acceptors (Lipinski definition) is 5. The van der Waals surface area contributed by atoms with E-state index in [1.54, 1.807) is 36.4 Å². The van der Waals surface area contributed by atoms with Gasteiger partial charge in [-0.2, -0.15) is 0 Å². The predicted molar refractivity (Wildman–Crippen MR) is 101 cm³/mol. The van der Waals surface area contributed by atoms with E-state index in [-0.39, 0.29) is 23.5 Å². The van der Waals surface area contributed by atoms with Crippen LogP contribution in [0.4, 0.5) is 11.4 Å². The molecule has 0 spiro atoms. The van der Waals surface area contributed by atoms with Gasteiger partial charge >= 0.3 is 5.69 Å². The molecule has 8 heteroatoms. The van der Waals surface area contributed by atoms with Crippen LogP contribution in [-0.2, 0) is 6.61 Å². The topological polar surface area (TPSA) is 94.4 Å². The molecule has 3 aromatic rings. The fourth-order valence-electron chi connectivity index (χ4n) is 2.35. The van der Waals surface area contributed by atoms with Crippen molar-refractivity contribution in [2.75, 3.05) is 5.32 Å². The van der Waals surface area contributed by atoms with Crippen LogP contribution >= 0.6 is 11.6 Å². The summed E-state index contributed by atoms with van der Waals surface area (Å²) in [6.07, 6.45) is 2.45. The minimum atomic E-state index is -0.606. The van der Waals surface area contributed by atoms with E-state index in [1.165, 1.54) is 12.3 Å². The quantitative estimate of drug-likeness (QED) is 0.500. The first-order chi connectivity index (χ1) is 13.0. The highest BCUT2D eigenvalue weighted by atomic mass is 35.5. The first-order valence-electron chi connectivity index (χ1n) is 7.90. The van der Waals surface area contributed by atoms with Crippen LogP contribution in [0.25, 0.3) is 0 Å². The van der Waals surface area contributed by atoms with E-state index in [0.29, 0.717) is 10.8 Å². The van der Waals surface area contributed by atoms with E-state index < -0.39 is 10.8 Å². The molecule has 27 heavy (non-hydrogen) atoms. The second kappa shape index (κ2) is 8.29. The molecule has 0 aliphatic rings. The fourth-order valence-corrected chi connectivity index (χ4v) is 2.47. The Kier molecular flexibility index (Phi) is 5.63. The number of nitro groups is 1. The zero-order valence-electron chi connectivity index (χ0n) is 14.0.